The Balaban J connectivity index is 1.92. The van der Waals surface area contributed by atoms with Crippen molar-refractivity contribution in [2.45, 2.75) is 13.5 Å². The molecule has 1 amide bonds. The van der Waals surface area contributed by atoms with Crippen LogP contribution >= 0.6 is 22.6 Å². The summed E-state index contributed by atoms with van der Waals surface area (Å²) in [6, 6.07) is 16.5. The van der Waals surface area contributed by atoms with Crippen LogP contribution in [0, 0.1) is 10.5 Å². The predicted octanol–water partition coefficient (Wildman–Crippen LogP) is 3.08. The molecule has 3 rings (SSSR count). The number of methoxy groups -OCH3 is 1. The Labute approximate surface area is 170 Å². The van der Waals surface area contributed by atoms with E-state index in [1.807, 2.05) is 49.4 Å². The topological polar surface area (TPSA) is 73.2 Å². The minimum Gasteiger partial charge on any atom is -0.494 e. The van der Waals surface area contributed by atoms with E-state index in [2.05, 4.69) is 33.0 Å². The third kappa shape index (κ3) is 4.36. The van der Waals surface area contributed by atoms with Crippen LogP contribution in [-0.4, -0.2) is 22.8 Å². The van der Waals surface area contributed by atoms with E-state index < -0.39 is 5.91 Å². The second-order valence-corrected chi connectivity index (χ2v) is 7.15. The zero-order valence-electron chi connectivity index (χ0n) is 14.9. The summed E-state index contributed by atoms with van der Waals surface area (Å²) in [6.45, 7) is 2.23. The minimum absolute atomic E-state index is 0.0610. The molecule has 7 heteroatoms. The number of rotatable bonds is 5. The molecule has 2 aromatic carbocycles. The summed E-state index contributed by atoms with van der Waals surface area (Å²) in [4.78, 5) is 25.1. The van der Waals surface area contributed by atoms with Crippen molar-refractivity contribution in [1.82, 2.24) is 15.1 Å². The van der Waals surface area contributed by atoms with Gasteiger partial charge >= 0.3 is 0 Å². The number of aromatic nitrogens is 2. The first-order chi connectivity index (χ1) is 13.0. The van der Waals surface area contributed by atoms with Gasteiger partial charge in [0.25, 0.3) is 11.5 Å². The van der Waals surface area contributed by atoms with E-state index in [1.165, 1.54) is 17.9 Å². The number of nitrogens with zero attached hydrogens (tertiary/aromatic N) is 2. The molecule has 6 nitrogen and oxygen atoms in total. The molecular formula is C20H18IN3O3. The highest BCUT2D eigenvalue weighted by molar-refractivity contribution is 14.1. The summed E-state index contributed by atoms with van der Waals surface area (Å²) in [7, 11) is 1.41. The molecule has 3 aromatic rings. The molecule has 0 radical (unpaired) electrons. The molecule has 138 valence electrons. The number of benzene rings is 2. The van der Waals surface area contributed by atoms with Gasteiger partial charge in [-0.3, -0.25) is 9.59 Å². The highest BCUT2D eigenvalue weighted by Crippen LogP contribution is 2.16. The van der Waals surface area contributed by atoms with Crippen molar-refractivity contribution < 1.29 is 9.53 Å². The molecule has 0 aliphatic heterocycles. The molecule has 0 saturated carbocycles. The summed E-state index contributed by atoms with van der Waals surface area (Å²) in [5.74, 6) is -0.266. The first-order valence-corrected chi connectivity index (χ1v) is 9.34. The van der Waals surface area contributed by atoms with Crippen LogP contribution in [0.4, 0.5) is 0 Å². The standard InChI is InChI=1S/C20H18IN3O3/c1-13-5-3-4-6-16(13)24-18(25)11-17(27-2)19(23-24)20(26)22-12-14-7-9-15(21)10-8-14/h3-11H,12H2,1-2H3,(H,22,26). The maximum atomic E-state index is 12.7. The average Bonchev–Trinajstić information content (AvgIpc) is 2.67. The largest absolute Gasteiger partial charge is 0.494 e. The Morgan fingerprint density at radius 3 is 2.56 bits per heavy atom. The van der Waals surface area contributed by atoms with Crippen molar-refractivity contribution in [3.05, 3.63) is 85.3 Å². The third-order valence-corrected chi connectivity index (χ3v) is 4.76. The number of amides is 1. The lowest BCUT2D eigenvalue weighted by molar-refractivity contribution is 0.0940. The van der Waals surface area contributed by atoms with E-state index in [1.54, 1.807) is 6.07 Å². The molecule has 0 saturated heterocycles. The van der Waals surface area contributed by atoms with E-state index in [0.29, 0.717) is 12.2 Å². The first-order valence-electron chi connectivity index (χ1n) is 8.26. The van der Waals surface area contributed by atoms with Crippen molar-refractivity contribution in [3.8, 4) is 11.4 Å². The second kappa shape index (κ2) is 8.34. The van der Waals surface area contributed by atoms with Crippen LogP contribution in [0.25, 0.3) is 5.69 Å². The molecule has 0 spiro atoms. The van der Waals surface area contributed by atoms with Gasteiger partial charge in [0.15, 0.2) is 11.4 Å². The van der Waals surface area contributed by atoms with Crippen LogP contribution < -0.4 is 15.6 Å². The lowest BCUT2D eigenvalue weighted by atomic mass is 10.2. The highest BCUT2D eigenvalue weighted by Gasteiger charge is 2.18. The van der Waals surface area contributed by atoms with Gasteiger partial charge < -0.3 is 10.1 Å². The zero-order chi connectivity index (χ0) is 19.4. The van der Waals surface area contributed by atoms with Gasteiger partial charge in [0.1, 0.15) is 0 Å². The zero-order valence-corrected chi connectivity index (χ0v) is 17.1. The van der Waals surface area contributed by atoms with E-state index >= 15 is 0 Å². The molecule has 0 bridgehead atoms. The summed E-state index contributed by atoms with van der Waals surface area (Å²) in [5, 5.41) is 7.09. The molecule has 27 heavy (non-hydrogen) atoms. The molecular weight excluding hydrogens is 457 g/mol. The number of hydrogen-bond donors (Lipinski definition) is 1. The third-order valence-electron chi connectivity index (χ3n) is 4.04. The van der Waals surface area contributed by atoms with Gasteiger partial charge in [0.2, 0.25) is 0 Å². The molecule has 1 aromatic heterocycles. The summed E-state index contributed by atoms with van der Waals surface area (Å²) in [5.41, 5.74) is 2.16. The van der Waals surface area contributed by atoms with Gasteiger partial charge in [-0.1, -0.05) is 30.3 Å². The van der Waals surface area contributed by atoms with Crippen LogP contribution in [0.5, 0.6) is 5.75 Å². The van der Waals surface area contributed by atoms with Crippen LogP contribution in [0.3, 0.4) is 0 Å². The SMILES string of the molecule is COc1cc(=O)n(-c2ccccc2C)nc1C(=O)NCc1ccc(I)cc1. The van der Waals surface area contributed by atoms with Crippen molar-refractivity contribution >= 4 is 28.5 Å². The van der Waals surface area contributed by atoms with E-state index in [-0.39, 0.29) is 17.0 Å². The smallest absolute Gasteiger partial charge is 0.275 e. The Morgan fingerprint density at radius 1 is 1.19 bits per heavy atom. The summed E-state index contributed by atoms with van der Waals surface area (Å²) in [6.07, 6.45) is 0. The molecule has 0 aliphatic carbocycles. The molecule has 0 aliphatic rings. The number of carbonyl (C=O) groups excluding carboxylic acids is 1. The number of ether oxygens (including phenoxy) is 1. The fourth-order valence-corrected chi connectivity index (χ4v) is 2.95. The van der Waals surface area contributed by atoms with Gasteiger partial charge in [-0.25, -0.2) is 0 Å². The normalized spacial score (nSPS) is 10.5. The lowest BCUT2D eigenvalue weighted by Crippen LogP contribution is -2.30. The minimum atomic E-state index is -0.410. The molecule has 1 N–H and O–H groups in total. The number of halogens is 1. The van der Waals surface area contributed by atoms with Crippen molar-refractivity contribution in [2.24, 2.45) is 0 Å². The number of carbonyl (C=O) groups is 1. The second-order valence-electron chi connectivity index (χ2n) is 5.91. The summed E-state index contributed by atoms with van der Waals surface area (Å²) >= 11 is 2.23. The van der Waals surface area contributed by atoms with Gasteiger partial charge in [-0.05, 0) is 58.8 Å². The fourth-order valence-electron chi connectivity index (χ4n) is 2.60. The van der Waals surface area contributed by atoms with E-state index in [0.717, 1.165) is 14.7 Å². The van der Waals surface area contributed by atoms with Gasteiger partial charge in [-0.15, -0.1) is 0 Å². The van der Waals surface area contributed by atoms with Crippen molar-refractivity contribution in [2.75, 3.05) is 7.11 Å². The van der Waals surface area contributed by atoms with Crippen molar-refractivity contribution in [1.29, 1.82) is 0 Å². The van der Waals surface area contributed by atoms with E-state index in [9.17, 15) is 9.59 Å². The number of hydrogen-bond acceptors (Lipinski definition) is 4. The molecule has 0 unspecified atom stereocenters. The van der Waals surface area contributed by atoms with E-state index in [4.69, 9.17) is 4.74 Å². The molecule has 0 fully saturated rings. The van der Waals surface area contributed by atoms with Crippen LogP contribution in [0.2, 0.25) is 0 Å². The predicted molar refractivity (Wildman–Crippen MR) is 111 cm³/mol. The van der Waals surface area contributed by atoms with Gasteiger partial charge in [0.05, 0.1) is 18.9 Å². The molecule has 0 atom stereocenters. The maximum absolute atomic E-state index is 12.7. The summed E-state index contributed by atoms with van der Waals surface area (Å²) < 4.78 is 7.54. The number of aryl methyl sites for hydroxylation is 1. The molecule has 1 heterocycles. The number of para-hydroxylation sites is 1. The van der Waals surface area contributed by atoms with Crippen LogP contribution in [0.1, 0.15) is 21.6 Å². The van der Waals surface area contributed by atoms with Crippen LogP contribution in [0.15, 0.2) is 59.4 Å². The van der Waals surface area contributed by atoms with Gasteiger partial charge in [-0.2, -0.15) is 9.78 Å². The monoisotopic (exact) mass is 475 g/mol. The highest BCUT2D eigenvalue weighted by atomic mass is 127. The number of nitrogens with one attached hydrogen (secondary N) is 1. The Morgan fingerprint density at radius 2 is 1.89 bits per heavy atom. The fraction of sp³-hybridized carbons (Fsp3) is 0.150. The lowest BCUT2D eigenvalue weighted by Gasteiger charge is -2.12. The van der Waals surface area contributed by atoms with Crippen LogP contribution in [-0.2, 0) is 6.54 Å². The Kier molecular flexibility index (Phi) is 5.90. The maximum Gasteiger partial charge on any atom is 0.275 e. The Hall–Kier alpha value is -2.68. The van der Waals surface area contributed by atoms with Gasteiger partial charge in [0, 0.05) is 10.1 Å². The quantitative estimate of drug-likeness (QED) is 0.576. The van der Waals surface area contributed by atoms with Crippen molar-refractivity contribution in [3.63, 3.8) is 0 Å². The first kappa shape index (κ1) is 19.1. The Bertz CT molecular complexity index is 1030. The average molecular weight is 475 g/mol.